The third-order valence-electron chi connectivity index (χ3n) is 4.77. The van der Waals surface area contributed by atoms with E-state index in [1.807, 2.05) is 4.90 Å². The first-order chi connectivity index (χ1) is 11.5. The maximum atomic E-state index is 13.2. The second-order valence-electron chi connectivity index (χ2n) is 6.41. The first-order valence-corrected chi connectivity index (χ1v) is 8.68. The van der Waals surface area contributed by atoms with Crippen molar-refractivity contribution in [1.29, 1.82) is 0 Å². The van der Waals surface area contributed by atoms with E-state index >= 15 is 0 Å². The number of amides is 2. The highest BCUT2D eigenvalue weighted by molar-refractivity contribution is 6.31. The van der Waals surface area contributed by atoms with Crippen molar-refractivity contribution in [2.75, 3.05) is 31.5 Å². The molecule has 2 aliphatic heterocycles. The summed E-state index contributed by atoms with van der Waals surface area (Å²) >= 11 is 5.72. The SMILES string of the molecule is Cl.O=C(Nc1ccc(F)c(Cl)c1)C1CCN(C(=O)C2CCNC2)CC1. The molecule has 8 heteroatoms. The number of hydrogen-bond donors (Lipinski definition) is 2. The van der Waals surface area contributed by atoms with E-state index in [0.717, 1.165) is 19.5 Å². The van der Waals surface area contributed by atoms with Gasteiger partial charge in [0.1, 0.15) is 5.82 Å². The van der Waals surface area contributed by atoms with E-state index in [1.165, 1.54) is 18.2 Å². The van der Waals surface area contributed by atoms with E-state index < -0.39 is 5.82 Å². The molecule has 2 N–H and O–H groups in total. The molecule has 0 aliphatic carbocycles. The van der Waals surface area contributed by atoms with Crippen LogP contribution in [0.2, 0.25) is 5.02 Å². The lowest BCUT2D eigenvalue weighted by molar-refractivity contribution is -0.137. The third-order valence-corrected chi connectivity index (χ3v) is 5.06. The second kappa shape index (κ2) is 8.83. The van der Waals surface area contributed by atoms with Gasteiger partial charge in [-0.2, -0.15) is 0 Å². The molecule has 0 radical (unpaired) electrons. The van der Waals surface area contributed by atoms with Gasteiger partial charge in [-0.25, -0.2) is 4.39 Å². The molecule has 2 saturated heterocycles. The van der Waals surface area contributed by atoms with Crippen molar-refractivity contribution in [3.05, 3.63) is 29.0 Å². The zero-order valence-corrected chi connectivity index (χ0v) is 15.3. The first kappa shape index (κ1) is 19.9. The summed E-state index contributed by atoms with van der Waals surface area (Å²) in [6.07, 6.45) is 2.18. The number of hydrogen-bond acceptors (Lipinski definition) is 3. The van der Waals surface area contributed by atoms with Crippen LogP contribution in [0.15, 0.2) is 18.2 Å². The van der Waals surface area contributed by atoms with Crippen molar-refractivity contribution < 1.29 is 14.0 Å². The molecule has 1 unspecified atom stereocenters. The summed E-state index contributed by atoms with van der Waals surface area (Å²) in [4.78, 5) is 26.6. The molecule has 2 fully saturated rings. The van der Waals surface area contributed by atoms with Crippen molar-refractivity contribution >= 4 is 41.5 Å². The number of benzene rings is 1. The van der Waals surface area contributed by atoms with E-state index in [1.54, 1.807) is 0 Å². The van der Waals surface area contributed by atoms with E-state index in [4.69, 9.17) is 11.6 Å². The average Bonchev–Trinajstić information content (AvgIpc) is 3.12. The van der Waals surface area contributed by atoms with Crippen molar-refractivity contribution in [3.63, 3.8) is 0 Å². The number of nitrogens with one attached hydrogen (secondary N) is 2. The average molecular weight is 390 g/mol. The summed E-state index contributed by atoms with van der Waals surface area (Å²) in [5, 5.41) is 5.97. The van der Waals surface area contributed by atoms with Crippen LogP contribution >= 0.6 is 24.0 Å². The molecule has 3 rings (SSSR count). The van der Waals surface area contributed by atoms with Gasteiger partial charge in [-0.3, -0.25) is 9.59 Å². The number of likely N-dealkylation sites (tertiary alicyclic amines) is 1. The molecule has 0 saturated carbocycles. The number of nitrogens with zero attached hydrogens (tertiary/aromatic N) is 1. The molecule has 1 aromatic rings. The predicted octanol–water partition coefficient (Wildman–Crippen LogP) is 2.69. The van der Waals surface area contributed by atoms with Crippen LogP contribution in [0.4, 0.5) is 10.1 Å². The molecule has 0 spiro atoms. The van der Waals surface area contributed by atoms with Crippen LogP contribution in [0.25, 0.3) is 0 Å². The lowest BCUT2D eigenvalue weighted by Gasteiger charge is -2.32. The van der Waals surface area contributed by atoms with Crippen LogP contribution in [0.5, 0.6) is 0 Å². The van der Waals surface area contributed by atoms with Gasteiger partial charge >= 0.3 is 0 Å². The Morgan fingerprint density at radius 1 is 1.20 bits per heavy atom. The molecule has 2 amide bonds. The van der Waals surface area contributed by atoms with Gasteiger partial charge in [-0.05, 0) is 44.0 Å². The van der Waals surface area contributed by atoms with E-state index in [0.29, 0.717) is 31.6 Å². The Balaban J connectivity index is 0.00000225. The molecule has 0 aromatic heterocycles. The van der Waals surface area contributed by atoms with Gasteiger partial charge in [-0.15, -0.1) is 12.4 Å². The third kappa shape index (κ3) is 4.84. The van der Waals surface area contributed by atoms with Crippen LogP contribution < -0.4 is 10.6 Å². The zero-order chi connectivity index (χ0) is 17.1. The van der Waals surface area contributed by atoms with Crippen molar-refractivity contribution in [3.8, 4) is 0 Å². The summed E-state index contributed by atoms with van der Waals surface area (Å²) in [5.74, 6) is -0.476. The van der Waals surface area contributed by atoms with Gasteiger partial charge in [-0.1, -0.05) is 11.6 Å². The van der Waals surface area contributed by atoms with Gasteiger partial charge < -0.3 is 15.5 Å². The Morgan fingerprint density at radius 2 is 1.92 bits per heavy atom. The second-order valence-corrected chi connectivity index (χ2v) is 6.81. The van der Waals surface area contributed by atoms with Crippen LogP contribution in [-0.2, 0) is 9.59 Å². The summed E-state index contributed by atoms with van der Waals surface area (Å²) in [6, 6.07) is 4.13. The number of carbonyl (C=O) groups is 2. The number of rotatable bonds is 3. The van der Waals surface area contributed by atoms with Crippen molar-refractivity contribution in [2.45, 2.75) is 19.3 Å². The predicted molar refractivity (Wildman–Crippen MR) is 97.6 cm³/mol. The molecule has 1 atom stereocenters. The monoisotopic (exact) mass is 389 g/mol. The van der Waals surface area contributed by atoms with Crippen molar-refractivity contribution in [1.82, 2.24) is 10.2 Å². The topological polar surface area (TPSA) is 61.4 Å². The highest BCUT2D eigenvalue weighted by atomic mass is 35.5. The summed E-state index contributed by atoms with van der Waals surface area (Å²) in [5.41, 5.74) is 0.488. The lowest BCUT2D eigenvalue weighted by atomic mass is 9.94. The normalized spacial score (nSPS) is 20.9. The maximum Gasteiger partial charge on any atom is 0.227 e. The molecule has 2 aliphatic rings. The molecule has 25 heavy (non-hydrogen) atoms. The molecule has 138 valence electrons. The fraction of sp³-hybridized carbons (Fsp3) is 0.529. The zero-order valence-electron chi connectivity index (χ0n) is 13.8. The smallest absolute Gasteiger partial charge is 0.227 e. The van der Waals surface area contributed by atoms with E-state index in [2.05, 4.69) is 10.6 Å². The minimum absolute atomic E-state index is 0. The molecule has 0 bridgehead atoms. The Morgan fingerprint density at radius 3 is 2.52 bits per heavy atom. The summed E-state index contributed by atoms with van der Waals surface area (Å²) < 4.78 is 13.2. The first-order valence-electron chi connectivity index (χ1n) is 8.30. The molecule has 5 nitrogen and oxygen atoms in total. The number of piperidine rings is 1. The highest BCUT2D eigenvalue weighted by Crippen LogP contribution is 2.24. The van der Waals surface area contributed by atoms with Gasteiger partial charge in [0.05, 0.1) is 10.9 Å². The molecular weight excluding hydrogens is 368 g/mol. The minimum Gasteiger partial charge on any atom is -0.342 e. The van der Waals surface area contributed by atoms with E-state index in [-0.39, 0.29) is 41.1 Å². The van der Waals surface area contributed by atoms with Crippen LogP contribution in [0, 0.1) is 17.7 Å². The maximum absolute atomic E-state index is 13.2. The van der Waals surface area contributed by atoms with Gasteiger partial charge in [0.2, 0.25) is 11.8 Å². The van der Waals surface area contributed by atoms with Gasteiger partial charge in [0, 0.05) is 31.2 Å². The Bertz CT molecular complexity index is 630. The minimum atomic E-state index is -0.511. The van der Waals surface area contributed by atoms with Gasteiger partial charge in [0.15, 0.2) is 0 Å². The Hall–Kier alpha value is -1.37. The fourth-order valence-corrected chi connectivity index (χ4v) is 3.48. The Kier molecular flexibility index (Phi) is 7.04. The molecular formula is C17H22Cl2FN3O2. The molecule has 2 heterocycles. The molecule has 1 aromatic carbocycles. The lowest BCUT2D eigenvalue weighted by Crippen LogP contribution is -2.44. The standard InChI is InChI=1S/C17H21ClFN3O2.ClH/c18-14-9-13(1-2-15(14)19)21-16(23)11-4-7-22(8-5-11)17(24)12-3-6-20-10-12;/h1-2,9,11-12,20H,3-8,10H2,(H,21,23);1H. The van der Waals surface area contributed by atoms with Gasteiger partial charge in [0.25, 0.3) is 0 Å². The van der Waals surface area contributed by atoms with Crippen LogP contribution in [0.3, 0.4) is 0 Å². The number of anilines is 1. The summed E-state index contributed by atoms with van der Waals surface area (Å²) in [7, 11) is 0. The van der Waals surface area contributed by atoms with E-state index in [9.17, 15) is 14.0 Å². The quantitative estimate of drug-likeness (QED) is 0.835. The fourth-order valence-electron chi connectivity index (χ4n) is 3.30. The number of halogens is 3. The van der Waals surface area contributed by atoms with Crippen LogP contribution in [-0.4, -0.2) is 42.9 Å². The highest BCUT2D eigenvalue weighted by Gasteiger charge is 2.32. The largest absolute Gasteiger partial charge is 0.342 e. The Labute approximate surface area is 157 Å². The van der Waals surface area contributed by atoms with Crippen LogP contribution in [0.1, 0.15) is 19.3 Å². The van der Waals surface area contributed by atoms with Crippen molar-refractivity contribution in [2.24, 2.45) is 11.8 Å². The summed E-state index contributed by atoms with van der Waals surface area (Å²) in [6.45, 7) is 2.87. The number of carbonyl (C=O) groups excluding carboxylic acids is 2.